The first-order valence-corrected chi connectivity index (χ1v) is 5.89. The van der Waals surface area contributed by atoms with E-state index in [2.05, 4.69) is 4.98 Å². The van der Waals surface area contributed by atoms with Gasteiger partial charge in [0, 0.05) is 28.4 Å². The molecular formula is C13H8ClN3O3. The van der Waals surface area contributed by atoms with Gasteiger partial charge in [0.2, 0.25) is 0 Å². The van der Waals surface area contributed by atoms with Crippen molar-refractivity contribution in [2.45, 2.75) is 6.92 Å². The van der Waals surface area contributed by atoms with Crippen LogP contribution in [0.2, 0.25) is 5.02 Å². The van der Waals surface area contributed by atoms with Crippen LogP contribution in [0.4, 0.5) is 5.69 Å². The molecule has 0 saturated heterocycles. The summed E-state index contributed by atoms with van der Waals surface area (Å²) in [5.74, 6) is 0. The van der Waals surface area contributed by atoms with E-state index in [1.54, 1.807) is 19.1 Å². The normalized spacial score (nSPS) is 10.1. The second kappa shape index (κ2) is 5.15. The highest BCUT2D eigenvalue weighted by Gasteiger charge is 2.15. The molecule has 0 bridgehead atoms. The molecule has 1 heterocycles. The molecule has 7 heteroatoms. The summed E-state index contributed by atoms with van der Waals surface area (Å²) in [5.41, 5.74) is 0.382. The molecule has 0 atom stereocenters. The van der Waals surface area contributed by atoms with Crippen LogP contribution in [0.5, 0.6) is 0 Å². The average molecular weight is 290 g/mol. The molecule has 0 fully saturated rings. The van der Waals surface area contributed by atoms with Gasteiger partial charge in [0.25, 0.3) is 11.2 Å². The number of nitro groups is 1. The Labute approximate surface area is 118 Å². The molecule has 1 aromatic carbocycles. The second-order valence-electron chi connectivity index (χ2n) is 4.14. The summed E-state index contributed by atoms with van der Waals surface area (Å²) in [7, 11) is 0. The summed E-state index contributed by atoms with van der Waals surface area (Å²) < 4.78 is 0. The summed E-state index contributed by atoms with van der Waals surface area (Å²) in [4.78, 5) is 24.5. The molecule has 2 aromatic rings. The number of benzene rings is 1. The lowest BCUT2D eigenvalue weighted by Gasteiger charge is -2.06. The number of nitrogens with zero attached hydrogens (tertiary/aromatic N) is 2. The largest absolute Gasteiger partial charge is 0.325 e. The van der Waals surface area contributed by atoms with Crippen LogP contribution in [-0.2, 0) is 0 Å². The van der Waals surface area contributed by atoms with Gasteiger partial charge in [0.05, 0.1) is 4.92 Å². The fraction of sp³-hybridized carbons (Fsp3) is 0.0769. The van der Waals surface area contributed by atoms with E-state index in [4.69, 9.17) is 16.9 Å². The van der Waals surface area contributed by atoms with E-state index in [1.165, 1.54) is 18.2 Å². The Bertz CT molecular complexity index is 805. The summed E-state index contributed by atoms with van der Waals surface area (Å²) in [6, 6.07) is 7.34. The van der Waals surface area contributed by atoms with E-state index >= 15 is 0 Å². The smallest absolute Gasteiger partial charge is 0.271 e. The number of aromatic nitrogens is 1. The molecule has 0 aliphatic rings. The number of nitrogens with one attached hydrogen (secondary N) is 1. The molecule has 0 amide bonds. The van der Waals surface area contributed by atoms with Gasteiger partial charge in [-0.25, -0.2) is 0 Å². The van der Waals surface area contributed by atoms with Crippen LogP contribution in [0.15, 0.2) is 29.1 Å². The zero-order valence-corrected chi connectivity index (χ0v) is 11.1. The molecule has 1 N–H and O–H groups in total. The Balaban J connectivity index is 2.78. The van der Waals surface area contributed by atoms with Gasteiger partial charge in [0.15, 0.2) is 0 Å². The molecule has 20 heavy (non-hydrogen) atoms. The van der Waals surface area contributed by atoms with Crippen molar-refractivity contribution in [3.63, 3.8) is 0 Å². The van der Waals surface area contributed by atoms with Crippen molar-refractivity contribution in [3.8, 4) is 17.2 Å². The molecule has 0 aliphatic carbocycles. The standard InChI is InChI=1S/C13H8ClN3O3/c1-7-2-11(12(6-15)13(18)16-7)8-3-9(14)5-10(4-8)17(19)20/h2-5H,1H3,(H,16,18). The van der Waals surface area contributed by atoms with Gasteiger partial charge in [-0.2, -0.15) is 5.26 Å². The first-order valence-electron chi connectivity index (χ1n) is 5.51. The van der Waals surface area contributed by atoms with Crippen molar-refractivity contribution in [2.75, 3.05) is 0 Å². The molecule has 2 rings (SSSR count). The maximum atomic E-state index is 11.7. The first-order chi connectivity index (χ1) is 9.42. The number of aryl methyl sites for hydroxylation is 1. The van der Waals surface area contributed by atoms with E-state index in [0.29, 0.717) is 16.8 Å². The molecule has 0 unspecified atom stereocenters. The molecule has 6 nitrogen and oxygen atoms in total. The third-order valence-corrected chi connectivity index (χ3v) is 2.90. The number of nitro benzene ring substituents is 1. The van der Waals surface area contributed by atoms with Crippen molar-refractivity contribution in [3.05, 3.63) is 61.0 Å². The van der Waals surface area contributed by atoms with Gasteiger partial charge in [-0.05, 0) is 24.6 Å². The number of pyridine rings is 1. The summed E-state index contributed by atoms with van der Waals surface area (Å²) in [5, 5.41) is 20.1. The van der Waals surface area contributed by atoms with Gasteiger partial charge in [-0.15, -0.1) is 0 Å². The fourth-order valence-corrected chi connectivity index (χ4v) is 2.09. The number of hydrogen-bond acceptors (Lipinski definition) is 4. The zero-order chi connectivity index (χ0) is 14.9. The van der Waals surface area contributed by atoms with Gasteiger partial charge in [-0.3, -0.25) is 14.9 Å². The average Bonchev–Trinajstić information content (AvgIpc) is 2.37. The van der Waals surface area contributed by atoms with Crippen molar-refractivity contribution >= 4 is 17.3 Å². The number of rotatable bonds is 2. The lowest BCUT2D eigenvalue weighted by atomic mass is 10.0. The Morgan fingerprint density at radius 3 is 2.65 bits per heavy atom. The lowest BCUT2D eigenvalue weighted by Crippen LogP contribution is -2.12. The number of halogens is 1. The van der Waals surface area contributed by atoms with E-state index in [0.717, 1.165) is 0 Å². The van der Waals surface area contributed by atoms with Crippen LogP contribution in [-0.4, -0.2) is 9.91 Å². The highest BCUT2D eigenvalue weighted by Crippen LogP contribution is 2.29. The molecule has 1 aromatic heterocycles. The minimum absolute atomic E-state index is 0.104. The minimum Gasteiger partial charge on any atom is -0.325 e. The topological polar surface area (TPSA) is 99.8 Å². The Morgan fingerprint density at radius 2 is 2.05 bits per heavy atom. The Kier molecular flexibility index (Phi) is 3.55. The number of nitriles is 1. The zero-order valence-electron chi connectivity index (χ0n) is 10.3. The fourth-order valence-electron chi connectivity index (χ4n) is 1.86. The molecule has 0 radical (unpaired) electrons. The maximum Gasteiger partial charge on any atom is 0.271 e. The van der Waals surface area contributed by atoms with Crippen molar-refractivity contribution in [1.82, 2.24) is 4.98 Å². The molecule has 0 spiro atoms. The van der Waals surface area contributed by atoms with Gasteiger partial charge in [0.1, 0.15) is 11.6 Å². The van der Waals surface area contributed by atoms with Crippen LogP contribution in [0, 0.1) is 28.4 Å². The van der Waals surface area contributed by atoms with Crippen molar-refractivity contribution in [1.29, 1.82) is 5.26 Å². The summed E-state index contributed by atoms with van der Waals surface area (Å²) in [6.45, 7) is 1.66. The van der Waals surface area contributed by atoms with Crippen molar-refractivity contribution < 1.29 is 4.92 Å². The summed E-state index contributed by atoms with van der Waals surface area (Å²) >= 11 is 5.85. The Hall–Kier alpha value is -2.65. The predicted octanol–water partition coefficient (Wildman–Crippen LogP) is 2.78. The van der Waals surface area contributed by atoms with Crippen LogP contribution >= 0.6 is 11.6 Å². The highest BCUT2D eigenvalue weighted by molar-refractivity contribution is 6.31. The monoisotopic (exact) mass is 289 g/mol. The van der Waals surface area contributed by atoms with E-state index < -0.39 is 10.5 Å². The van der Waals surface area contributed by atoms with E-state index in [9.17, 15) is 14.9 Å². The molecule has 0 aliphatic heterocycles. The molecule has 100 valence electrons. The van der Waals surface area contributed by atoms with Crippen LogP contribution < -0.4 is 5.56 Å². The second-order valence-corrected chi connectivity index (χ2v) is 4.57. The van der Waals surface area contributed by atoms with E-state index in [-0.39, 0.29) is 16.3 Å². The van der Waals surface area contributed by atoms with E-state index in [1.807, 2.05) is 0 Å². The van der Waals surface area contributed by atoms with Crippen LogP contribution in [0.25, 0.3) is 11.1 Å². The molecular weight excluding hydrogens is 282 g/mol. The number of aromatic amines is 1. The first kappa shape index (κ1) is 13.8. The lowest BCUT2D eigenvalue weighted by molar-refractivity contribution is -0.384. The SMILES string of the molecule is Cc1cc(-c2cc(Cl)cc([N+](=O)[O-])c2)c(C#N)c(=O)[nH]1. The third kappa shape index (κ3) is 2.53. The van der Waals surface area contributed by atoms with Crippen LogP contribution in [0.1, 0.15) is 11.3 Å². The highest BCUT2D eigenvalue weighted by atomic mass is 35.5. The number of hydrogen-bond donors (Lipinski definition) is 1. The van der Waals surface area contributed by atoms with Gasteiger partial charge < -0.3 is 4.98 Å². The van der Waals surface area contributed by atoms with Crippen molar-refractivity contribution in [2.24, 2.45) is 0 Å². The minimum atomic E-state index is -0.582. The molecule has 0 saturated carbocycles. The van der Waals surface area contributed by atoms with Gasteiger partial charge >= 0.3 is 0 Å². The van der Waals surface area contributed by atoms with Gasteiger partial charge in [-0.1, -0.05) is 11.6 Å². The number of H-pyrrole nitrogens is 1. The number of non-ortho nitro benzene ring substituents is 1. The Morgan fingerprint density at radius 1 is 1.35 bits per heavy atom. The quantitative estimate of drug-likeness (QED) is 0.678. The predicted molar refractivity (Wildman–Crippen MR) is 73.6 cm³/mol. The maximum absolute atomic E-state index is 11.7. The third-order valence-electron chi connectivity index (χ3n) is 2.68. The van der Waals surface area contributed by atoms with Crippen LogP contribution in [0.3, 0.4) is 0 Å². The summed E-state index contributed by atoms with van der Waals surface area (Å²) in [6.07, 6.45) is 0.